The second-order valence-electron chi connectivity index (χ2n) is 6.50. The number of ether oxygens (including phenoxy) is 1. The van der Waals surface area contributed by atoms with Gasteiger partial charge in [0.1, 0.15) is 5.69 Å². The zero-order chi connectivity index (χ0) is 18.2. The Balaban J connectivity index is 1.72. The van der Waals surface area contributed by atoms with Crippen molar-refractivity contribution < 1.29 is 14.3 Å². The van der Waals surface area contributed by atoms with Gasteiger partial charge in [0.25, 0.3) is 0 Å². The summed E-state index contributed by atoms with van der Waals surface area (Å²) in [6.07, 6.45) is 3.20. The summed E-state index contributed by atoms with van der Waals surface area (Å²) in [6, 6.07) is 9.68. The molecule has 2 heterocycles. The summed E-state index contributed by atoms with van der Waals surface area (Å²) < 4.78 is 5.84. The number of nitrogens with zero attached hydrogens (tertiary/aromatic N) is 1. The number of ketones is 1. The highest BCUT2D eigenvalue weighted by atomic mass is 79.9. The molecule has 0 atom stereocenters. The number of fused-ring (bicyclic) bond motifs is 1. The summed E-state index contributed by atoms with van der Waals surface area (Å²) in [6.45, 7) is 3.87. The number of esters is 1. The van der Waals surface area contributed by atoms with Crippen molar-refractivity contribution in [2.24, 2.45) is 0 Å². The van der Waals surface area contributed by atoms with Crippen molar-refractivity contribution in [3.8, 4) is 0 Å². The summed E-state index contributed by atoms with van der Waals surface area (Å²) in [4.78, 5) is 29.0. The fraction of sp³-hybridized carbons (Fsp3) is 0.263. The number of benzene rings is 1. The number of halogens is 1. The zero-order valence-corrected chi connectivity index (χ0v) is 15.9. The van der Waals surface area contributed by atoms with Crippen molar-refractivity contribution >= 4 is 33.4 Å². The Morgan fingerprint density at radius 2 is 2.04 bits per heavy atom. The number of aromatic amines is 1. The molecular weight excluding hydrogens is 384 g/mol. The molecule has 1 aromatic heterocycles. The molecule has 0 fully saturated rings. The molecule has 2 aromatic rings. The van der Waals surface area contributed by atoms with Gasteiger partial charge in [-0.1, -0.05) is 32.0 Å². The molecule has 3 rings (SSSR count). The number of nitrogens with one attached hydrogen (secondary N) is 1. The molecule has 0 amide bonds. The molecule has 0 saturated carbocycles. The van der Waals surface area contributed by atoms with Gasteiger partial charge in [0.15, 0.2) is 12.4 Å². The lowest BCUT2D eigenvalue weighted by atomic mass is 9.83. The van der Waals surface area contributed by atoms with Crippen molar-refractivity contribution in [1.29, 1.82) is 0 Å². The van der Waals surface area contributed by atoms with Crippen molar-refractivity contribution in [2.75, 3.05) is 18.6 Å². The average Bonchev–Trinajstić information content (AvgIpc) is 3.09. The lowest BCUT2D eigenvalue weighted by Crippen LogP contribution is -2.25. The number of aromatic nitrogens is 1. The van der Waals surface area contributed by atoms with Gasteiger partial charge in [0.2, 0.25) is 0 Å². The molecule has 1 aromatic carbocycles. The fourth-order valence-electron chi connectivity index (χ4n) is 3.15. The Morgan fingerprint density at radius 1 is 1.32 bits per heavy atom. The van der Waals surface area contributed by atoms with Crippen molar-refractivity contribution in [1.82, 2.24) is 4.98 Å². The number of likely N-dealkylation sites (N-methyl/N-ethyl adjacent to an activating group) is 1. The second kappa shape index (κ2) is 6.52. The van der Waals surface area contributed by atoms with Gasteiger partial charge in [0.05, 0.1) is 0 Å². The first-order valence-corrected chi connectivity index (χ1v) is 8.69. The summed E-state index contributed by atoms with van der Waals surface area (Å²) in [7, 11) is 1.94. The maximum atomic E-state index is 12.3. The molecular formula is C19H19BrN2O3. The quantitative estimate of drug-likeness (QED) is 0.623. The molecule has 0 unspecified atom stereocenters. The van der Waals surface area contributed by atoms with E-state index < -0.39 is 5.97 Å². The first kappa shape index (κ1) is 17.5. The van der Waals surface area contributed by atoms with Gasteiger partial charge in [-0.15, -0.1) is 0 Å². The molecule has 25 heavy (non-hydrogen) atoms. The minimum Gasteiger partial charge on any atom is -0.453 e. The van der Waals surface area contributed by atoms with Gasteiger partial charge in [-0.25, -0.2) is 4.79 Å². The molecule has 0 aliphatic carbocycles. The van der Waals surface area contributed by atoms with Crippen molar-refractivity contribution in [3.05, 3.63) is 64.0 Å². The third-order valence-electron chi connectivity index (χ3n) is 4.45. The van der Waals surface area contributed by atoms with E-state index in [9.17, 15) is 9.59 Å². The molecule has 130 valence electrons. The number of anilines is 1. The largest absolute Gasteiger partial charge is 0.453 e. The van der Waals surface area contributed by atoms with E-state index in [1.807, 2.05) is 30.1 Å². The first-order chi connectivity index (χ1) is 11.8. The van der Waals surface area contributed by atoms with Crippen LogP contribution in [0.2, 0.25) is 0 Å². The third kappa shape index (κ3) is 3.26. The van der Waals surface area contributed by atoms with E-state index in [2.05, 4.69) is 40.8 Å². The number of hydrogen-bond donors (Lipinski definition) is 1. The van der Waals surface area contributed by atoms with Gasteiger partial charge in [-0.05, 0) is 33.6 Å². The second-order valence-corrected chi connectivity index (χ2v) is 7.42. The van der Waals surface area contributed by atoms with Crippen LogP contribution in [0.1, 0.15) is 29.9 Å². The van der Waals surface area contributed by atoms with Crippen molar-refractivity contribution in [3.63, 3.8) is 0 Å². The number of H-pyrrole nitrogens is 1. The Morgan fingerprint density at radius 3 is 2.68 bits per heavy atom. The number of allylic oxidation sites excluding steroid dienone is 1. The van der Waals surface area contributed by atoms with E-state index in [-0.39, 0.29) is 17.8 Å². The lowest BCUT2D eigenvalue weighted by Gasteiger charge is -2.23. The van der Waals surface area contributed by atoms with E-state index in [4.69, 9.17) is 4.74 Å². The summed E-state index contributed by atoms with van der Waals surface area (Å²) in [5, 5.41) is 0. The average molecular weight is 403 g/mol. The topological polar surface area (TPSA) is 62.4 Å². The minimum absolute atomic E-state index is 0.248. The SMILES string of the molecule is CN1/C(=C\C(=O)COC(=O)c2cc(Br)c[nH]2)C(C)(C)c2ccccc21. The van der Waals surface area contributed by atoms with E-state index in [1.54, 1.807) is 18.3 Å². The lowest BCUT2D eigenvalue weighted by molar-refractivity contribution is -0.117. The van der Waals surface area contributed by atoms with Crippen molar-refractivity contribution in [2.45, 2.75) is 19.3 Å². The molecule has 6 heteroatoms. The summed E-state index contributed by atoms with van der Waals surface area (Å²) in [5.41, 5.74) is 3.16. The molecule has 0 saturated heterocycles. The smallest absolute Gasteiger partial charge is 0.355 e. The minimum atomic E-state index is -0.556. The predicted molar refractivity (Wildman–Crippen MR) is 99.7 cm³/mol. The number of hydrogen-bond acceptors (Lipinski definition) is 4. The van der Waals surface area contributed by atoms with Crippen LogP contribution >= 0.6 is 15.9 Å². The Kier molecular flexibility index (Phi) is 4.56. The predicted octanol–water partition coefficient (Wildman–Crippen LogP) is 3.81. The Hall–Kier alpha value is -2.34. The normalized spacial score (nSPS) is 16.8. The summed E-state index contributed by atoms with van der Waals surface area (Å²) in [5.74, 6) is -0.804. The first-order valence-electron chi connectivity index (χ1n) is 7.90. The molecule has 1 aliphatic heterocycles. The highest BCUT2D eigenvalue weighted by molar-refractivity contribution is 9.10. The highest BCUT2D eigenvalue weighted by Gasteiger charge is 2.38. The third-order valence-corrected chi connectivity index (χ3v) is 4.91. The summed E-state index contributed by atoms with van der Waals surface area (Å²) >= 11 is 3.25. The van der Waals surface area contributed by atoms with Crippen LogP contribution in [0, 0.1) is 0 Å². The highest BCUT2D eigenvalue weighted by Crippen LogP contribution is 2.46. The zero-order valence-electron chi connectivity index (χ0n) is 14.3. The van der Waals surface area contributed by atoms with E-state index in [1.165, 1.54) is 5.56 Å². The standard InChI is InChI=1S/C19H19BrN2O3/c1-19(2)14-6-4-5-7-16(14)22(3)17(19)9-13(23)11-25-18(24)15-8-12(20)10-21-15/h4-10,21H,11H2,1-3H3/b17-9-. The van der Waals surface area contributed by atoms with Crippen LogP contribution in [0.3, 0.4) is 0 Å². The molecule has 0 spiro atoms. The monoisotopic (exact) mass is 402 g/mol. The molecule has 1 N–H and O–H groups in total. The van der Waals surface area contributed by atoms with E-state index >= 15 is 0 Å². The van der Waals surface area contributed by atoms with Gasteiger partial charge in [0, 0.05) is 40.6 Å². The van der Waals surface area contributed by atoms with Gasteiger partial charge < -0.3 is 14.6 Å². The number of carbonyl (C=O) groups is 2. The number of para-hydroxylation sites is 1. The van der Waals surface area contributed by atoms with E-state index in [0.29, 0.717) is 5.69 Å². The van der Waals surface area contributed by atoms with Crippen LogP contribution in [0.15, 0.2) is 52.8 Å². The van der Waals surface area contributed by atoms with Crippen LogP contribution in [-0.2, 0) is 14.9 Å². The Bertz CT molecular complexity index is 867. The Labute approximate surface area is 154 Å². The number of carbonyl (C=O) groups excluding carboxylic acids is 2. The number of rotatable bonds is 4. The van der Waals surface area contributed by atoms with Gasteiger partial charge in [-0.3, -0.25) is 4.79 Å². The molecule has 1 aliphatic rings. The van der Waals surface area contributed by atoms with Crippen LogP contribution in [0.5, 0.6) is 0 Å². The van der Waals surface area contributed by atoms with Crippen LogP contribution in [0.25, 0.3) is 0 Å². The fourth-order valence-corrected chi connectivity index (χ4v) is 3.50. The van der Waals surface area contributed by atoms with Gasteiger partial charge in [-0.2, -0.15) is 0 Å². The maximum Gasteiger partial charge on any atom is 0.355 e. The molecule has 5 nitrogen and oxygen atoms in total. The molecule has 0 bridgehead atoms. The van der Waals surface area contributed by atoms with Crippen LogP contribution in [0.4, 0.5) is 5.69 Å². The maximum absolute atomic E-state index is 12.3. The van der Waals surface area contributed by atoms with E-state index in [0.717, 1.165) is 15.9 Å². The van der Waals surface area contributed by atoms with Crippen LogP contribution in [-0.4, -0.2) is 30.4 Å². The molecule has 0 radical (unpaired) electrons. The van der Waals surface area contributed by atoms with Crippen LogP contribution < -0.4 is 4.90 Å². The van der Waals surface area contributed by atoms with Gasteiger partial charge >= 0.3 is 5.97 Å².